The lowest BCUT2D eigenvalue weighted by Gasteiger charge is -2.38. The van der Waals surface area contributed by atoms with Gasteiger partial charge in [-0.3, -0.25) is 4.79 Å². The minimum atomic E-state index is -0.376. The molecular weight excluding hydrogens is 283 g/mol. The molecule has 1 heterocycles. The summed E-state index contributed by atoms with van der Waals surface area (Å²) in [6, 6.07) is 4.32. The number of aromatic nitrogens is 1. The number of aliphatic hydroxyl groups excluding tert-OH is 1. The number of aromatic amines is 1. The Morgan fingerprint density at radius 1 is 1.50 bits per heavy atom. The quantitative estimate of drug-likeness (QED) is 0.816. The second-order valence-corrected chi connectivity index (χ2v) is 6.49. The molecule has 1 aliphatic rings. The Hall–Kier alpha value is -1.88. The Balaban J connectivity index is 1.73. The fourth-order valence-electron chi connectivity index (χ4n) is 3.25. The van der Waals surface area contributed by atoms with Crippen LogP contribution in [-0.4, -0.2) is 28.6 Å². The number of aliphatic hydroxyl groups is 1. The average Bonchev–Trinajstić information content (AvgIpc) is 2.91. The van der Waals surface area contributed by atoms with Gasteiger partial charge >= 0.3 is 0 Å². The third-order valence-electron chi connectivity index (χ3n) is 4.82. The number of H-pyrrole nitrogens is 1. The molecule has 1 saturated carbocycles. The highest BCUT2D eigenvalue weighted by Gasteiger charge is 2.35. The first-order valence-electron chi connectivity index (χ1n) is 7.72. The normalized spacial score (nSPS) is 25.3. The minimum Gasteiger partial charge on any atom is -0.392 e. The molecule has 0 bridgehead atoms. The smallest absolute Gasteiger partial charge is 0.253 e. The Kier molecular flexibility index (Phi) is 3.91. The SMILES string of the molecule is CC1(CNC(=O)c2c[nH]c3cc(F)ccc23)CCCCC1O. The molecule has 2 aromatic rings. The number of benzene rings is 1. The van der Waals surface area contributed by atoms with Crippen LogP contribution in [0, 0.1) is 11.2 Å². The van der Waals surface area contributed by atoms with E-state index in [0.717, 1.165) is 25.7 Å². The van der Waals surface area contributed by atoms with E-state index in [1.54, 1.807) is 12.3 Å². The summed E-state index contributed by atoms with van der Waals surface area (Å²) in [5, 5.41) is 13.8. The highest BCUT2D eigenvalue weighted by Crippen LogP contribution is 2.35. The predicted octanol–water partition coefficient (Wildman–Crippen LogP) is 2.98. The number of rotatable bonds is 3. The molecule has 1 fully saturated rings. The van der Waals surface area contributed by atoms with Crippen LogP contribution in [0.1, 0.15) is 43.0 Å². The third kappa shape index (κ3) is 2.73. The summed E-state index contributed by atoms with van der Waals surface area (Å²) in [4.78, 5) is 15.3. The number of nitrogens with one attached hydrogen (secondary N) is 2. The van der Waals surface area contributed by atoms with Crippen molar-refractivity contribution in [2.24, 2.45) is 5.41 Å². The molecule has 0 radical (unpaired) electrons. The summed E-state index contributed by atoms with van der Waals surface area (Å²) in [7, 11) is 0. The van der Waals surface area contributed by atoms with Crippen molar-refractivity contribution >= 4 is 16.8 Å². The first kappa shape index (κ1) is 15.0. The predicted molar refractivity (Wildman–Crippen MR) is 83.2 cm³/mol. The molecule has 2 atom stereocenters. The van der Waals surface area contributed by atoms with E-state index in [0.29, 0.717) is 23.0 Å². The number of halogens is 1. The summed E-state index contributed by atoms with van der Waals surface area (Å²) in [6.45, 7) is 2.46. The van der Waals surface area contributed by atoms with Crippen molar-refractivity contribution in [2.45, 2.75) is 38.7 Å². The maximum atomic E-state index is 13.2. The number of hydrogen-bond donors (Lipinski definition) is 3. The van der Waals surface area contributed by atoms with Gasteiger partial charge < -0.3 is 15.4 Å². The van der Waals surface area contributed by atoms with Gasteiger partial charge in [-0.05, 0) is 31.0 Å². The standard InChI is InChI=1S/C17H21FN2O2/c1-17(7-3-2-4-15(17)21)10-20-16(22)13-9-19-14-8-11(18)5-6-12(13)14/h5-6,8-9,15,19,21H,2-4,7,10H2,1H3,(H,20,22). The van der Waals surface area contributed by atoms with Crippen molar-refractivity contribution in [2.75, 3.05) is 6.54 Å². The van der Waals surface area contributed by atoms with Crippen LogP contribution < -0.4 is 5.32 Å². The molecule has 3 N–H and O–H groups in total. The molecule has 3 rings (SSSR count). The number of fused-ring (bicyclic) bond motifs is 1. The summed E-state index contributed by atoms with van der Waals surface area (Å²) in [6.07, 6.45) is 5.04. The van der Waals surface area contributed by atoms with Crippen LogP contribution in [0.15, 0.2) is 24.4 Å². The highest BCUT2D eigenvalue weighted by molar-refractivity contribution is 6.06. The van der Waals surface area contributed by atoms with Crippen LogP contribution in [0.3, 0.4) is 0 Å². The van der Waals surface area contributed by atoms with Gasteiger partial charge in [0.25, 0.3) is 5.91 Å². The molecule has 1 aliphatic carbocycles. The van der Waals surface area contributed by atoms with Crippen LogP contribution in [0.5, 0.6) is 0 Å². The zero-order valence-corrected chi connectivity index (χ0v) is 12.7. The number of hydrogen-bond acceptors (Lipinski definition) is 2. The third-order valence-corrected chi connectivity index (χ3v) is 4.82. The van der Waals surface area contributed by atoms with Crippen molar-refractivity contribution in [3.63, 3.8) is 0 Å². The molecular formula is C17H21FN2O2. The van der Waals surface area contributed by atoms with Crippen molar-refractivity contribution in [3.8, 4) is 0 Å². The topological polar surface area (TPSA) is 65.1 Å². The largest absolute Gasteiger partial charge is 0.392 e. The fraction of sp³-hybridized carbons (Fsp3) is 0.471. The van der Waals surface area contributed by atoms with Crippen molar-refractivity contribution in [1.29, 1.82) is 0 Å². The lowest BCUT2D eigenvalue weighted by atomic mass is 9.73. The maximum absolute atomic E-state index is 13.2. The minimum absolute atomic E-state index is 0.197. The van der Waals surface area contributed by atoms with E-state index in [4.69, 9.17) is 0 Å². The molecule has 4 nitrogen and oxygen atoms in total. The second kappa shape index (κ2) is 5.72. The van der Waals surface area contributed by atoms with Gasteiger partial charge in [0.05, 0.1) is 11.7 Å². The zero-order valence-electron chi connectivity index (χ0n) is 12.7. The first-order chi connectivity index (χ1) is 10.5. The summed E-state index contributed by atoms with van der Waals surface area (Å²) in [5.74, 6) is -0.531. The molecule has 0 saturated heterocycles. The van der Waals surface area contributed by atoms with Crippen LogP contribution >= 0.6 is 0 Å². The molecule has 1 aromatic carbocycles. The van der Waals surface area contributed by atoms with Gasteiger partial charge in [-0.25, -0.2) is 4.39 Å². The first-order valence-corrected chi connectivity index (χ1v) is 7.72. The molecule has 5 heteroatoms. The molecule has 22 heavy (non-hydrogen) atoms. The summed E-state index contributed by atoms with van der Waals surface area (Å²) < 4.78 is 13.2. The van der Waals surface area contributed by atoms with Gasteiger partial charge in [-0.1, -0.05) is 19.8 Å². The number of carbonyl (C=O) groups excluding carboxylic acids is 1. The second-order valence-electron chi connectivity index (χ2n) is 6.49. The van der Waals surface area contributed by atoms with Gasteiger partial charge in [-0.15, -0.1) is 0 Å². The van der Waals surface area contributed by atoms with E-state index in [1.165, 1.54) is 12.1 Å². The Morgan fingerprint density at radius 2 is 2.32 bits per heavy atom. The fourth-order valence-corrected chi connectivity index (χ4v) is 3.25. The van der Waals surface area contributed by atoms with Crippen LogP contribution in [-0.2, 0) is 0 Å². The molecule has 118 valence electrons. The van der Waals surface area contributed by atoms with E-state index in [1.807, 2.05) is 6.92 Å². The van der Waals surface area contributed by atoms with Gasteiger partial charge in [0, 0.05) is 29.1 Å². The average molecular weight is 304 g/mol. The van der Waals surface area contributed by atoms with E-state index in [9.17, 15) is 14.3 Å². The monoisotopic (exact) mass is 304 g/mol. The molecule has 1 amide bonds. The van der Waals surface area contributed by atoms with E-state index in [-0.39, 0.29) is 23.2 Å². The van der Waals surface area contributed by atoms with Crippen molar-refractivity contribution < 1.29 is 14.3 Å². The van der Waals surface area contributed by atoms with E-state index >= 15 is 0 Å². The van der Waals surface area contributed by atoms with E-state index < -0.39 is 0 Å². The maximum Gasteiger partial charge on any atom is 0.253 e. The number of amides is 1. The molecule has 0 spiro atoms. The van der Waals surface area contributed by atoms with Crippen LogP contribution in [0.4, 0.5) is 4.39 Å². The highest BCUT2D eigenvalue weighted by atomic mass is 19.1. The molecule has 2 unspecified atom stereocenters. The molecule has 1 aromatic heterocycles. The summed E-state index contributed by atoms with van der Waals surface area (Å²) in [5.41, 5.74) is 0.838. The van der Waals surface area contributed by atoms with Gasteiger partial charge in [0.15, 0.2) is 0 Å². The van der Waals surface area contributed by atoms with E-state index in [2.05, 4.69) is 10.3 Å². The summed E-state index contributed by atoms with van der Waals surface area (Å²) >= 11 is 0. The van der Waals surface area contributed by atoms with Gasteiger partial charge in [0.2, 0.25) is 0 Å². The van der Waals surface area contributed by atoms with Gasteiger partial charge in [-0.2, -0.15) is 0 Å². The van der Waals surface area contributed by atoms with Crippen LogP contribution in [0.2, 0.25) is 0 Å². The number of carbonyl (C=O) groups is 1. The van der Waals surface area contributed by atoms with Crippen molar-refractivity contribution in [1.82, 2.24) is 10.3 Å². The van der Waals surface area contributed by atoms with Gasteiger partial charge in [0.1, 0.15) is 5.82 Å². The zero-order chi connectivity index (χ0) is 15.7. The lowest BCUT2D eigenvalue weighted by molar-refractivity contribution is 0.00191. The lowest BCUT2D eigenvalue weighted by Crippen LogP contribution is -2.45. The Labute approximate surface area is 128 Å². The Morgan fingerprint density at radius 3 is 3.09 bits per heavy atom. The molecule has 0 aliphatic heterocycles. The van der Waals surface area contributed by atoms with Crippen LogP contribution in [0.25, 0.3) is 10.9 Å². The van der Waals surface area contributed by atoms with Crippen molar-refractivity contribution in [3.05, 3.63) is 35.8 Å². The Bertz CT molecular complexity index is 697.